The number of rotatable bonds is 3. The molecule has 2 amide bonds. The first kappa shape index (κ1) is 36.3. The summed E-state index contributed by atoms with van der Waals surface area (Å²) in [5.74, 6) is 5.78. The Morgan fingerprint density at radius 1 is 0.865 bits per heavy atom. The molecule has 3 unspecified atom stereocenters. The van der Waals surface area contributed by atoms with Gasteiger partial charge in [-0.3, -0.25) is 14.5 Å². The minimum absolute atomic E-state index is 0.0463. The number of likely N-dealkylation sites (tertiary alicyclic amines) is 1. The first-order valence-corrected chi connectivity index (χ1v) is 24.0. The van der Waals surface area contributed by atoms with E-state index in [2.05, 4.69) is 49.9 Å². The van der Waals surface area contributed by atoms with E-state index in [0.29, 0.717) is 55.3 Å². The molecule has 2 saturated heterocycles. The molecule has 2 aromatic carbocycles. The van der Waals surface area contributed by atoms with Crippen LogP contribution in [0.2, 0.25) is 19.6 Å². The van der Waals surface area contributed by atoms with Crippen LogP contribution in [0.25, 0.3) is 10.8 Å². The number of aliphatic hydroxyl groups is 2. The van der Waals surface area contributed by atoms with Crippen molar-refractivity contribution >= 4 is 30.7 Å². The highest BCUT2D eigenvalue weighted by molar-refractivity contribution is 6.83. The van der Waals surface area contributed by atoms with Gasteiger partial charge in [0, 0.05) is 49.7 Å². The van der Waals surface area contributed by atoms with Crippen LogP contribution < -0.4 is 0 Å². The standard InChI is InChI=1S/C44H61N3O4Si/c1-42-29-38(39(48)28-31(42)15-16-34-35(42)17-19-43(2)36(34)18-20-44(43,51)21-27-52(3,4)5)45-23-25-46(26-24-45)41(50)37-14-9-22-47(37)40(49)33-13-8-11-30-10-6-7-12-32(30)33/h6-8,10-13,31,34-39,48,51H,9,14-20,22-26,28-29H2,1-5H3/t31-,34?,35?,36?,37-,38-,39-,42-,43-,44+/m0/s1. The molecule has 10 atom stereocenters. The number of hydrogen-bond donors (Lipinski definition) is 2. The number of carbonyl (C=O) groups is 2. The summed E-state index contributed by atoms with van der Waals surface area (Å²) in [4.78, 5) is 34.2. The minimum Gasteiger partial charge on any atom is -0.391 e. The third kappa shape index (κ3) is 5.97. The lowest BCUT2D eigenvalue weighted by Gasteiger charge is -2.63. The highest BCUT2D eigenvalue weighted by atomic mass is 28.3. The molecule has 2 N–H and O–H groups in total. The van der Waals surface area contributed by atoms with Gasteiger partial charge in [-0.1, -0.05) is 75.8 Å². The molecule has 0 aromatic heterocycles. The fourth-order valence-electron chi connectivity index (χ4n) is 12.5. The van der Waals surface area contributed by atoms with Gasteiger partial charge in [-0.2, -0.15) is 0 Å². The Morgan fingerprint density at radius 3 is 2.37 bits per heavy atom. The summed E-state index contributed by atoms with van der Waals surface area (Å²) < 4.78 is 0. The molecule has 0 bridgehead atoms. The van der Waals surface area contributed by atoms with Gasteiger partial charge in [-0.15, -0.1) is 5.54 Å². The molecule has 2 heterocycles. The van der Waals surface area contributed by atoms with Gasteiger partial charge in [0.25, 0.3) is 5.91 Å². The van der Waals surface area contributed by atoms with Gasteiger partial charge in [0.05, 0.1) is 6.10 Å². The molecule has 0 radical (unpaired) electrons. The molecular weight excluding hydrogens is 663 g/mol. The molecule has 7 nitrogen and oxygen atoms in total. The molecule has 6 aliphatic rings. The SMILES string of the molecule is C[C@]12CCC3C(CC[C@H]4C[C@H](O)[C@@H](N5CCN(C(=O)[C@@H]6CCCN6C(=O)c6cccc7ccccc67)CC5)C[C@]34C)C1CC[C@@]2(O)C#C[Si](C)(C)C. The molecule has 0 spiro atoms. The fraction of sp³-hybridized carbons (Fsp3) is 0.682. The number of nitrogens with zero attached hydrogens (tertiary/aromatic N) is 3. The van der Waals surface area contributed by atoms with Gasteiger partial charge in [-0.05, 0) is 110 Å². The average Bonchev–Trinajstić information content (AvgIpc) is 3.72. The Morgan fingerprint density at radius 2 is 1.60 bits per heavy atom. The molecule has 2 aromatic rings. The van der Waals surface area contributed by atoms with E-state index in [0.717, 1.165) is 68.8 Å². The lowest BCUT2D eigenvalue weighted by atomic mass is 9.44. The number of benzene rings is 2. The maximum Gasteiger partial charge on any atom is 0.255 e. The van der Waals surface area contributed by atoms with Crippen LogP contribution in [0, 0.1) is 46.0 Å². The van der Waals surface area contributed by atoms with E-state index < -0.39 is 19.7 Å². The third-order valence-corrected chi connectivity index (χ3v) is 16.3. The quantitative estimate of drug-likeness (QED) is 0.276. The molecule has 52 heavy (non-hydrogen) atoms. The Labute approximate surface area is 312 Å². The van der Waals surface area contributed by atoms with Gasteiger partial charge < -0.3 is 20.0 Å². The van der Waals surface area contributed by atoms with Crippen molar-refractivity contribution in [3.05, 3.63) is 48.0 Å². The second-order valence-electron chi connectivity index (χ2n) is 19.1. The summed E-state index contributed by atoms with van der Waals surface area (Å²) >= 11 is 0. The van der Waals surface area contributed by atoms with Gasteiger partial charge in [0.15, 0.2) is 0 Å². The van der Waals surface area contributed by atoms with E-state index in [9.17, 15) is 19.8 Å². The van der Waals surface area contributed by atoms with Crippen molar-refractivity contribution in [1.29, 1.82) is 0 Å². The Balaban J connectivity index is 0.931. The van der Waals surface area contributed by atoms with Crippen molar-refractivity contribution in [3.63, 3.8) is 0 Å². The highest BCUT2D eigenvalue weighted by Crippen LogP contribution is 2.68. The van der Waals surface area contributed by atoms with Crippen LogP contribution in [0.3, 0.4) is 0 Å². The molecule has 2 aliphatic heterocycles. The Kier molecular flexibility index (Phi) is 9.25. The van der Waals surface area contributed by atoms with Gasteiger partial charge in [-0.25, -0.2) is 0 Å². The first-order chi connectivity index (χ1) is 24.7. The predicted molar refractivity (Wildman–Crippen MR) is 209 cm³/mol. The molecular formula is C44H61N3O4Si. The monoisotopic (exact) mass is 723 g/mol. The summed E-state index contributed by atoms with van der Waals surface area (Å²) in [7, 11) is -1.60. The number of amides is 2. The second-order valence-corrected chi connectivity index (χ2v) is 23.9. The maximum absolute atomic E-state index is 14.0. The van der Waals surface area contributed by atoms with Gasteiger partial charge >= 0.3 is 0 Å². The fourth-order valence-corrected chi connectivity index (χ4v) is 13.1. The molecule has 8 rings (SSSR count). The van der Waals surface area contributed by atoms with E-state index in [4.69, 9.17) is 0 Å². The third-order valence-electron chi connectivity index (χ3n) is 15.4. The summed E-state index contributed by atoms with van der Waals surface area (Å²) in [6.07, 6.45) is 9.51. The largest absolute Gasteiger partial charge is 0.391 e. The van der Waals surface area contributed by atoms with Crippen molar-refractivity contribution < 1.29 is 19.8 Å². The normalized spacial score (nSPS) is 39.3. The summed E-state index contributed by atoms with van der Waals surface area (Å²) in [5.41, 5.74) is 3.36. The predicted octanol–water partition coefficient (Wildman–Crippen LogP) is 6.58. The van der Waals surface area contributed by atoms with Crippen molar-refractivity contribution in [2.75, 3.05) is 32.7 Å². The maximum atomic E-state index is 14.0. The molecule has 4 aliphatic carbocycles. The van der Waals surface area contributed by atoms with E-state index in [1.165, 1.54) is 12.8 Å². The van der Waals surface area contributed by atoms with Gasteiger partial charge in [0.1, 0.15) is 19.7 Å². The second kappa shape index (κ2) is 13.3. The summed E-state index contributed by atoms with van der Waals surface area (Å²) in [6, 6.07) is 13.5. The zero-order valence-electron chi connectivity index (χ0n) is 32.2. The zero-order chi connectivity index (χ0) is 36.6. The van der Waals surface area contributed by atoms with Crippen LogP contribution in [-0.2, 0) is 4.79 Å². The van der Waals surface area contributed by atoms with Crippen molar-refractivity contribution in [2.24, 2.45) is 34.5 Å². The average molecular weight is 724 g/mol. The van der Waals surface area contributed by atoms with Crippen molar-refractivity contribution in [1.82, 2.24) is 14.7 Å². The van der Waals surface area contributed by atoms with Crippen molar-refractivity contribution in [2.45, 2.75) is 121 Å². The molecule has 8 heteroatoms. The van der Waals surface area contributed by atoms with Crippen LogP contribution in [0.15, 0.2) is 42.5 Å². The van der Waals surface area contributed by atoms with Crippen LogP contribution in [-0.4, -0.2) is 101 Å². The van der Waals surface area contributed by atoms with E-state index in [1.807, 2.05) is 52.3 Å². The highest BCUT2D eigenvalue weighted by Gasteiger charge is 2.65. The van der Waals surface area contributed by atoms with E-state index >= 15 is 0 Å². The minimum atomic E-state index is -1.60. The summed E-state index contributed by atoms with van der Waals surface area (Å²) in [5, 5.41) is 25.7. The Bertz CT molecular complexity index is 1770. The lowest BCUT2D eigenvalue weighted by molar-refractivity contribution is -0.163. The van der Waals surface area contributed by atoms with Crippen LogP contribution in [0.1, 0.15) is 88.4 Å². The van der Waals surface area contributed by atoms with E-state index in [1.54, 1.807) is 0 Å². The molecule has 280 valence electrons. The number of piperazine rings is 1. The number of aliphatic hydroxyl groups excluding tert-OH is 1. The number of hydrogen-bond acceptors (Lipinski definition) is 5. The number of carbonyl (C=O) groups excluding carboxylic acids is 2. The number of fused-ring (bicyclic) bond motifs is 6. The van der Waals surface area contributed by atoms with Crippen LogP contribution >= 0.6 is 0 Å². The molecule has 6 fully saturated rings. The smallest absolute Gasteiger partial charge is 0.255 e. The topological polar surface area (TPSA) is 84.3 Å². The van der Waals surface area contributed by atoms with Gasteiger partial charge in [0.2, 0.25) is 5.91 Å². The molecule has 4 saturated carbocycles. The first-order valence-electron chi connectivity index (χ1n) is 20.5. The van der Waals surface area contributed by atoms with Crippen LogP contribution in [0.5, 0.6) is 0 Å². The summed E-state index contributed by atoms with van der Waals surface area (Å²) in [6.45, 7) is 15.1. The lowest BCUT2D eigenvalue weighted by Crippen LogP contribution is -2.63. The van der Waals surface area contributed by atoms with Crippen molar-refractivity contribution in [3.8, 4) is 11.5 Å². The van der Waals surface area contributed by atoms with Crippen LogP contribution in [0.4, 0.5) is 0 Å². The Hall–Kier alpha value is -2.70. The zero-order valence-corrected chi connectivity index (χ0v) is 33.2. The van der Waals surface area contributed by atoms with E-state index in [-0.39, 0.29) is 34.8 Å².